The minimum absolute atomic E-state index is 0.137. The Morgan fingerprint density at radius 2 is 2.08 bits per heavy atom. The van der Waals surface area contributed by atoms with Crippen molar-refractivity contribution < 1.29 is 9.59 Å². The van der Waals surface area contributed by atoms with Gasteiger partial charge in [-0.15, -0.1) is 0 Å². The van der Waals surface area contributed by atoms with Gasteiger partial charge < -0.3 is 20.4 Å². The maximum Gasteiger partial charge on any atom is 0.330 e. The number of benzene rings is 1. The van der Waals surface area contributed by atoms with Crippen LogP contribution >= 0.6 is 0 Å². The number of likely N-dealkylation sites (N-methyl/N-ethyl adjacent to an activating group) is 1. The van der Waals surface area contributed by atoms with Crippen LogP contribution in [0.15, 0.2) is 54.9 Å². The number of rotatable bonds is 8. The summed E-state index contributed by atoms with van der Waals surface area (Å²) in [5, 5.41) is 10.3. The smallest absolute Gasteiger partial charge is 0.322 e. The third-order valence-electron chi connectivity index (χ3n) is 5.88. The summed E-state index contributed by atoms with van der Waals surface area (Å²) in [4.78, 5) is 40.6. The molecule has 11 heteroatoms. The third-order valence-corrected chi connectivity index (χ3v) is 5.88. The van der Waals surface area contributed by atoms with E-state index in [1.54, 1.807) is 34.0 Å². The molecule has 2 aromatic heterocycles. The average molecular weight is 488 g/mol. The second-order valence-electron chi connectivity index (χ2n) is 9.22. The van der Waals surface area contributed by atoms with Crippen LogP contribution in [0.5, 0.6) is 0 Å². The second-order valence-corrected chi connectivity index (χ2v) is 9.22. The number of carbonyl (C=O) groups is 2. The van der Waals surface area contributed by atoms with E-state index in [-0.39, 0.29) is 18.0 Å². The van der Waals surface area contributed by atoms with E-state index in [9.17, 15) is 9.59 Å². The number of hydrogen-bond acceptors (Lipinski definition) is 7. The first-order valence-electron chi connectivity index (χ1n) is 11.8. The Bertz CT molecular complexity index is 1310. The van der Waals surface area contributed by atoms with E-state index in [1.165, 1.54) is 6.08 Å². The van der Waals surface area contributed by atoms with E-state index in [0.717, 1.165) is 18.4 Å². The van der Waals surface area contributed by atoms with E-state index in [0.29, 0.717) is 42.0 Å². The Kier molecular flexibility index (Phi) is 6.38. The first-order chi connectivity index (χ1) is 17.4. The molecule has 0 atom stereocenters. The van der Waals surface area contributed by atoms with Gasteiger partial charge in [-0.25, -0.2) is 14.7 Å². The molecule has 1 fully saturated rings. The standard InChI is InChI=1S/C25H29N9O2/c1-31(2)12-5-8-22(35)27-18-6-4-7-20(14-18)34-23-17(16-33(25(34)36)19-9-10-19)15-26-24(29-23)28-21-11-13-32(3)30-21/h4-8,11,13-15,19H,9-10,12,16H2,1-3H3,(H,27,35)(H,26,28,29,30)/b8-5+. The number of hydrogen-bond donors (Lipinski definition) is 2. The normalized spacial score (nSPS) is 15.5. The molecule has 3 heterocycles. The van der Waals surface area contributed by atoms with Gasteiger partial charge in [-0.2, -0.15) is 10.1 Å². The number of nitrogens with one attached hydrogen (secondary N) is 2. The number of nitrogens with zero attached hydrogens (tertiary/aromatic N) is 7. The van der Waals surface area contributed by atoms with Gasteiger partial charge in [0.1, 0.15) is 0 Å². The molecule has 1 aliphatic heterocycles. The first kappa shape index (κ1) is 23.5. The molecule has 0 saturated heterocycles. The SMILES string of the molecule is CN(C)C/C=C/C(=O)Nc1cccc(N2C(=O)N(C3CC3)Cc3cnc(Nc4ccn(C)n4)nc32)c1. The second kappa shape index (κ2) is 9.78. The molecule has 2 N–H and O–H groups in total. The summed E-state index contributed by atoms with van der Waals surface area (Å²) in [5.74, 6) is 1.24. The molecule has 0 unspecified atom stereocenters. The largest absolute Gasteiger partial charge is 0.330 e. The van der Waals surface area contributed by atoms with Gasteiger partial charge >= 0.3 is 6.03 Å². The lowest BCUT2D eigenvalue weighted by Gasteiger charge is -2.36. The summed E-state index contributed by atoms with van der Waals surface area (Å²) in [6.45, 7) is 1.13. The van der Waals surface area contributed by atoms with Crippen LogP contribution < -0.4 is 15.5 Å². The van der Waals surface area contributed by atoms with Gasteiger partial charge in [0.2, 0.25) is 11.9 Å². The zero-order valence-electron chi connectivity index (χ0n) is 20.5. The van der Waals surface area contributed by atoms with Crippen molar-refractivity contribution >= 4 is 40.9 Å². The zero-order chi connectivity index (χ0) is 25.2. The molecular formula is C25H29N9O2. The third kappa shape index (κ3) is 5.20. The fraction of sp³-hybridized carbons (Fsp3) is 0.320. The number of aryl methyl sites for hydroxylation is 1. The molecular weight excluding hydrogens is 458 g/mol. The molecule has 3 amide bonds. The molecule has 186 valence electrons. The lowest BCUT2D eigenvalue weighted by molar-refractivity contribution is -0.111. The Hall–Kier alpha value is -4.25. The molecule has 1 saturated carbocycles. The first-order valence-corrected chi connectivity index (χ1v) is 11.8. The van der Waals surface area contributed by atoms with E-state index in [1.807, 2.05) is 55.3 Å². The maximum atomic E-state index is 13.6. The topological polar surface area (TPSA) is 112 Å². The molecule has 5 rings (SSSR count). The Morgan fingerprint density at radius 3 is 2.81 bits per heavy atom. The van der Waals surface area contributed by atoms with Crippen LogP contribution in [0.1, 0.15) is 18.4 Å². The van der Waals surface area contributed by atoms with Crippen molar-refractivity contribution in [2.45, 2.75) is 25.4 Å². The summed E-state index contributed by atoms with van der Waals surface area (Å²) < 4.78 is 1.68. The summed E-state index contributed by atoms with van der Waals surface area (Å²) in [7, 11) is 5.70. The highest BCUT2D eigenvalue weighted by Gasteiger charge is 2.41. The Morgan fingerprint density at radius 1 is 1.25 bits per heavy atom. The van der Waals surface area contributed by atoms with Crippen LogP contribution in [-0.4, -0.2) is 68.2 Å². The fourth-order valence-corrected chi connectivity index (χ4v) is 4.01. The van der Waals surface area contributed by atoms with Crippen molar-refractivity contribution in [1.82, 2.24) is 29.5 Å². The van der Waals surface area contributed by atoms with Crippen molar-refractivity contribution in [3.8, 4) is 0 Å². The van der Waals surface area contributed by atoms with E-state index < -0.39 is 0 Å². The van der Waals surface area contributed by atoms with Crippen LogP contribution in [-0.2, 0) is 18.4 Å². The number of fused-ring (bicyclic) bond motifs is 1. The van der Waals surface area contributed by atoms with Gasteiger partial charge in [0.05, 0.1) is 12.2 Å². The zero-order valence-corrected chi connectivity index (χ0v) is 20.5. The van der Waals surface area contributed by atoms with Crippen molar-refractivity contribution in [2.24, 2.45) is 7.05 Å². The summed E-state index contributed by atoms with van der Waals surface area (Å²) in [5.41, 5.74) is 2.06. The molecule has 0 spiro atoms. The van der Waals surface area contributed by atoms with Crippen molar-refractivity contribution in [2.75, 3.05) is 36.2 Å². The van der Waals surface area contributed by atoms with E-state index in [2.05, 4.69) is 20.7 Å². The van der Waals surface area contributed by atoms with Crippen molar-refractivity contribution in [3.05, 3.63) is 60.4 Å². The molecule has 0 bridgehead atoms. The Balaban J connectivity index is 1.45. The lowest BCUT2D eigenvalue weighted by Crippen LogP contribution is -2.46. The molecule has 0 radical (unpaired) electrons. The van der Waals surface area contributed by atoms with Crippen LogP contribution in [0.3, 0.4) is 0 Å². The van der Waals surface area contributed by atoms with Crippen LogP contribution in [0, 0.1) is 0 Å². The summed E-state index contributed by atoms with van der Waals surface area (Å²) >= 11 is 0. The summed E-state index contributed by atoms with van der Waals surface area (Å²) in [6.07, 6.45) is 8.86. The van der Waals surface area contributed by atoms with Crippen molar-refractivity contribution in [3.63, 3.8) is 0 Å². The minimum Gasteiger partial charge on any atom is -0.322 e. The number of urea groups is 1. The minimum atomic E-state index is -0.233. The number of aromatic nitrogens is 4. The van der Waals surface area contributed by atoms with Crippen LogP contribution in [0.4, 0.5) is 33.8 Å². The fourth-order valence-electron chi connectivity index (χ4n) is 4.01. The maximum absolute atomic E-state index is 13.6. The number of anilines is 5. The van der Waals surface area contributed by atoms with Gasteiger partial charge in [-0.1, -0.05) is 12.1 Å². The molecule has 1 aliphatic carbocycles. The van der Waals surface area contributed by atoms with E-state index in [4.69, 9.17) is 4.98 Å². The average Bonchev–Trinajstić information content (AvgIpc) is 3.60. The van der Waals surface area contributed by atoms with Gasteiger partial charge in [-0.05, 0) is 45.1 Å². The molecule has 1 aromatic carbocycles. The predicted molar refractivity (Wildman–Crippen MR) is 137 cm³/mol. The van der Waals surface area contributed by atoms with Gasteiger partial charge in [0.25, 0.3) is 0 Å². The molecule has 11 nitrogen and oxygen atoms in total. The van der Waals surface area contributed by atoms with Gasteiger partial charge in [-0.3, -0.25) is 9.48 Å². The Labute approximate surface area is 209 Å². The highest BCUT2D eigenvalue weighted by atomic mass is 16.2. The highest BCUT2D eigenvalue weighted by molar-refractivity contribution is 6.03. The van der Waals surface area contributed by atoms with Crippen LogP contribution in [0.25, 0.3) is 0 Å². The van der Waals surface area contributed by atoms with Gasteiger partial charge in [0.15, 0.2) is 11.6 Å². The monoisotopic (exact) mass is 487 g/mol. The predicted octanol–water partition coefficient (Wildman–Crippen LogP) is 3.25. The number of amides is 3. The highest BCUT2D eigenvalue weighted by Crippen LogP contribution is 2.39. The summed E-state index contributed by atoms with van der Waals surface area (Å²) in [6, 6.07) is 9.13. The molecule has 2 aliphatic rings. The number of carbonyl (C=O) groups excluding carboxylic acids is 2. The van der Waals surface area contributed by atoms with Gasteiger partial charge in [0, 0.05) is 55.4 Å². The molecule has 3 aromatic rings. The van der Waals surface area contributed by atoms with Crippen molar-refractivity contribution in [1.29, 1.82) is 0 Å². The van der Waals surface area contributed by atoms with E-state index >= 15 is 0 Å². The lowest BCUT2D eigenvalue weighted by atomic mass is 10.1. The quantitative estimate of drug-likeness (QED) is 0.469. The van der Waals surface area contributed by atoms with Crippen LogP contribution in [0.2, 0.25) is 0 Å². The molecule has 36 heavy (non-hydrogen) atoms.